The summed E-state index contributed by atoms with van der Waals surface area (Å²) in [6.45, 7) is 0. The maximum absolute atomic E-state index is 13.7. The van der Waals surface area contributed by atoms with Gasteiger partial charge in [0.2, 0.25) is 0 Å². The normalized spacial score (nSPS) is 22.6. The summed E-state index contributed by atoms with van der Waals surface area (Å²) < 4.78 is 13.7. The van der Waals surface area contributed by atoms with Crippen molar-refractivity contribution in [3.05, 3.63) is 71.7 Å². The summed E-state index contributed by atoms with van der Waals surface area (Å²) in [6.07, 6.45) is 5.83. The molecule has 3 N–H and O–H groups in total. The van der Waals surface area contributed by atoms with Gasteiger partial charge in [0, 0.05) is 35.1 Å². The van der Waals surface area contributed by atoms with Gasteiger partial charge in [-0.3, -0.25) is 9.69 Å². The Morgan fingerprint density at radius 2 is 1.94 bits per heavy atom. The van der Waals surface area contributed by atoms with Gasteiger partial charge in [0.25, 0.3) is 0 Å². The van der Waals surface area contributed by atoms with Gasteiger partial charge in [-0.2, -0.15) is 0 Å². The first-order valence-electron chi connectivity index (χ1n) is 10.9. The number of benzene rings is 2. The molecule has 0 saturated heterocycles. The predicted octanol–water partition coefficient (Wildman–Crippen LogP) is 4.29. The van der Waals surface area contributed by atoms with Gasteiger partial charge < -0.3 is 15.4 Å². The summed E-state index contributed by atoms with van der Waals surface area (Å²) in [4.78, 5) is 17.4. The van der Waals surface area contributed by atoms with Gasteiger partial charge in [0.15, 0.2) is 0 Å². The second-order valence-corrected chi connectivity index (χ2v) is 8.83. The molecule has 1 aliphatic carbocycles. The molecule has 0 spiro atoms. The molecular formula is C25H30FN3O2. The van der Waals surface area contributed by atoms with Gasteiger partial charge in [0.1, 0.15) is 11.9 Å². The molecule has 5 nitrogen and oxygen atoms in total. The number of hydrogen-bond acceptors (Lipinski definition) is 3. The van der Waals surface area contributed by atoms with Gasteiger partial charge in [-0.25, -0.2) is 4.39 Å². The molecule has 6 heteroatoms. The Morgan fingerprint density at radius 1 is 1.23 bits per heavy atom. The molecule has 164 valence electrons. The lowest BCUT2D eigenvalue weighted by atomic mass is 9.74. The van der Waals surface area contributed by atoms with Crippen LogP contribution in [0.25, 0.3) is 10.9 Å². The molecule has 1 unspecified atom stereocenters. The standard InChI is InChI=1S/C25H30FN3O2/c1-29(2)25(18-6-4-3-5-7-18)12-10-20(11-13-25)28-23(24(30)31)14-17-16-27-22-9-8-19(26)15-21(17)22/h3-9,15-16,20,23,27-28H,10-14H2,1-2H3,(H,30,31). The van der Waals surface area contributed by atoms with Crippen molar-refractivity contribution in [1.82, 2.24) is 15.2 Å². The number of nitrogens with zero attached hydrogens (tertiary/aromatic N) is 1. The maximum Gasteiger partial charge on any atom is 0.321 e. The van der Waals surface area contributed by atoms with Crippen LogP contribution in [-0.2, 0) is 16.8 Å². The monoisotopic (exact) mass is 423 g/mol. The predicted molar refractivity (Wildman–Crippen MR) is 121 cm³/mol. The molecule has 1 aliphatic rings. The van der Waals surface area contributed by atoms with Crippen molar-refractivity contribution in [2.75, 3.05) is 14.1 Å². The number of H-pyrrole nitrogens is 1. The first-order valence-corrected chi connectivity index (χ1v) is 10.9. The summed E-state index contributed by atoms with van der Waals surface area (Å²) in [5.41, 5.74) is 2.93. The molecule has 0 aliphatic heterocycles. The van der Waals surface area contributed by atoms with Crippen molar-refractivity contribution in [1.29, 1.82) is 0 Å². The summed E-state index contributed by atoms with van der Waals surface area (Å²) in [7, 11) is 4.24. The number of carboxylic acid groups (broad SMARTS) is 1. The topological polar surface area (TPSA) is 68.4 Å². The molecule has 1 saturated carbocycles. The largest absolute Gasteiger partial charge is 0.480 e. The van der Waals surface area contributed by atoms with Crippen LogP contribution in [0.2, 0.25) is 0 Å². The minimum atomic E-state index is -0.877. The zero-order valence-corrected chi connectivity index (χ0v) is 18.1. The molecule has 2 aromatic carbocycles. The summed E-state index contributed by atoms with van der Waals surface area (Å²) >= 11 is 0. The van der Waals surface area contributed by atoms with Crippen molar-refractivity contribution in [2.45, 2.75) is 49.7 Å². The van der Waals surface area contributed by atoms with Crippen LogP contribution in [0.1, 0.15) is 36.8 Å². The smallest absolute Gasteiger partial charge is 0.321 e. The number of carbonyl (C=O) groups is 1. The third kappa shape index (κ3) is 4.36. The molecule has 1 aromatic heterocycles. The van der Waals surface area contributed by atoms with Crippen molar-refractivity contribution < 1.29 is 14.3 Å². The number of rotatable bonds is 7. The quantitative estimate of drug-likeness (QED) is 0.530. The maximum atomic E-state index is 13.7. The highest BCUT2D eigenvalue weighted by atomic mass is 19.1. The van der Waals surface area contributed by atoms with E-state index >= 15 is 0 Å². The minimum absolute atomic E-state index is 0.0213. The van der Waals surface area contributed by atoms with E-state index in [0.29, 0.717) is 6.42 Å². The highest BCUT2D eigenvalue weighted by Crippen LogP contribution is 2.41. The van der Waals surface area contributed by atoms with Gasteiger partial charge in [-0.15, -0.1) is 0 Å². The molecule has 0 amide bonds. The third-order valence-electron chi connectivity index (χ3n) is 6.87. The molecular weight excluding hydrogens is 393 g/mol. The molecule has 0 bridgehead atoms. The van der Waals surface area contributed by atoms with Crippen molar-refractivity contribution in [2.24, 2.45) is 0 Å². The van der Waals surface area contributed by atoms with Gasteiger partial charge in [-0.05, 0) is 69.1 Å². The van der Waals surface area contributed by atoms with Crippen molar-refractivity contribution in [3.8, 4) is 0 Å². The Balaban J connectivity index is 1.46. The Labute approximate surface area is 182 Å². The highest BCUT2D eigenvalue weighted by Gasteiger charge is 2.39. The number of nitrogens with one attached hydrogen (secondary N) is 2. The first kappa shape index (κ1) is 21.5. The molecule has 31 heavy (non-hydrogen) atoms. The van der Waals surface area contributed by atoms with Crippen LogP contribution in [0.5, 0.6) is 0 Å². The number of aliphatic carboxylic acids is 1. The summed E-state index contributed by atoms with van der Waals surface area (Å²) in [5.74, 6) is -1.19. The number of aromatic amines is 1. The average molecular weight is 424 g/mol. The number of fused-ring (bicyclic) bond motifs is 1. The lowest BCUT2D eigenvalue weighted by Gasteiger charge is -2.46. The lowest BCUT2D eigenvalue weighted by molar-refractivity contribution is -0.139. The molecule has 0 radical (unpaired) electrons. The zero-order chi connectivity index (χ0) is 22.0. The fourth-order valence-electron chi connectivity index (χ4n) is 5.05. The lowest BCUT2D eigenvalue weighted by Crippen LogP contribution is -2.51. The second-order valence-electron chi connectivity index (χ2n) is 8.83. The SMILES string of the molecule is CN(C)C1(c2ccccc2)CCC(NC(Cc2c[nH]c3ccc(F)cc23)C(=O)O)CC1. The van der Waals surface area contributed by atoms with Crippen LogP contribution < -0.4 is 5.32 Å². The van der Waals surface area contributed by atoms with Crippen LogP contribution in [0, 0.1) is 5.82 Å². The van der Waals surface area contributed by atoms with Crippen LogP contribution in [0.4, 0.5) is 4.39 Å². The first-order chi connectivity index (χ1) is 14.9. The molecule has 1 atom stereocenters. The Hall–Kier alpha value is -2.70. The van der Waals surface area contributed by atoms with Gasteiger partial charge in [-0.1, -0.05) is 30.3 Å². The number of hydrogen-bond donors (Lipinski definition) is 3. The van der Waals surface area contributed by atoms with E-state index in [9.17, 15) is 14.3 Å². The van der Waals surface area contributed by atoms with E-state index in [4.69, 9.17) is 0 Å². The molecule has 3 aromatic rings. The number of carboxylic acids is 1. The van der Waals surface area contributed by atoms with E-state index < -0.39 is 12.0 Å². The van der Waals surface area contributed by atoms with E-state index in [-0.39, 0.29) is 17.4 Å². The summed E-state index contributed by atoms with van der Waals surface area (Å²) in [5, 5.41) is 14.0. The number of aromatic nitrogens is 1. The van der Waals surface area contributed by atoms with Crippen LogP contribution in [-0.4, -0.2) is 47.1 Å². The van der Waals surface area contributed by atoms with E-state index in [1.54, 1.807) is 12.3 Å². The van der Waals surface area contributed by atoms with Crippen molar-refractivity contribution >= 4 is 16.9 Å². The van der Waals surface area contributed by atoms with Crippen LogP contribution in [0.15, 0.2) is 54.7 Å². The van der Waals surface area contributed by atoms with Gasteiger partial charge >= 0.3 is 5.97 Å². The van der Waals surface area contributed by atoms with Crippen molar-refractivity contribution in [3.63, 3.8) is 0 Å². The van der Waals surface area contributed by atoms with E-state index in [1.807, 2.05) is 6.07 Å². The molecule has 1 heterocycles. The second kappa shape index (κ2) is 8.81. The number of halogens is 1. The fourth-order valence-corrected chi connectivity index (χ4v) is 5.05. The Kier molecular flexibility index (Phi) is 6.12. The molecule has 1 fully saturated rings. The molecule has 4 rings (SSSR count). The van der Waals surface area contributed by atoms with E-state index in [0.717, 1.165) is 42.1 Å². The van der Waals surface area contributed by atoms with Gasteiger partial charge in [0.05, 0.1) is 0 Å². The van der Waals surface area contributed by atoms with Crippen LogP contribution in [0.3, 0.4) is 0 Å². The fraction of sp³-hybridized carbons (Fsp3) is 0.400. The van der Waals surface area contributed by atoms with E-state index in [2.05, 4.69) is 53.6 Å². The Bertz CT molecular complexity index is 1040. The highest BCUT2D eigenvalue weighted by molar-refractivity contribution is 5.84. The van der Waals surface area contributed by atoms with Crippen LogP contribution >= 0.6 is 0 Å². The Morgan fingerprint density at radius 3 is 2.58 bits per heavy atom. The summed E-state index contributed by atoms with van der Waals surface area (Å²) in [6, 6.07) is 14.5. The zero-order valence-electron chi connectivity index (χ0n) is 18.1. The average Bonchev–Trinajstić information content (AvgIpc) is 3.16. The minimum Gasteiger partial charge on any atom is -0.480 e. The third-order valence-corrected chi connectivity index (χ3v) is 6.87. The van der Waals surface area contributed by atoms with E-state index in [1.165, 1.54) is 17.7 Å².